The summed E-state index contributed by atoms with van der Waals surface area (Å²) in [5.74, 6) is 3.02. The Balaban J connectivity index is 0.000000485. The molecule has 4 nitrogen and oxygen atoms in total. The van der Waals surface area contributed by atoms with E-state index >= 15 is 0 Å². The molecule has 2 aromatic carbocycles. The number of hydrogen-bond acceptors (Lipinski definition) is 4. The summed E-state index contributed by atoms with van der Waals surface area (Å²) in [5, 5.41) is 2.06. The molecule has 2 heterocycles. The van der Waals surface area contributed by atoms with Crippen LogP contribution in [-0.4, -0.2) is 13.6 Å². The molecule has 0 bridgehead atoms. The topological polar surface area (TPSA) is 36.9 Å². The summed E-state index contributed by atoms with van der Waals surface area (Å²) in [6.07, 6.45) is 0. The van der Waals surface area contributed by atoms with Gasteiger partial charge in [0, 0.05) is 11.1 Å². The third kappa shape index (κ3) is 3.42. The van der Waals surface area contributed by atoms with Gasteiger partial charge in [-0.1, -0.05) is 12.1 Å². The van der Waals surface area contributed by atoms with Crippen LogP contribution in [0.15, 0.2) is 24.3 Å². The quantitative estimate of drug-likeness (QED) is 0.461. The molecule has 0 aromatic heterocycles. The van der Waals surface area contributed by atoms with Crippen LogP contribution in [0.25, 0.3) is 11.1 Å². The van der Waals surface area contributed by atoms with Gasteiger partial charge in [0.05, 0.1) is 0 Å². The van der Waals surface area contributed by atoms with E-state index in [9.17, 15) is 0 Å². The summed E-state index contributed by atoms with van der Waals surface area (Å²) >= 11 is -0.106. The molecule has 4 rings (SSSR count). The number of fused-ring (bicyclic) bond motifs is 2. The third-order valence-corrected chi connectivity index (χ3v) is 4.36. The van der Waals surface area contributed by atoms with Crippen molar-refractivity contribution in [3.8, 4) is 34.1 Å². The zero-order valence-corrected chi connectivity index (χ0v) is 17.0. The predicted octanol–water partition coefficient (Wildman–Crippen LogP) is 3.19. The Morgan fingerprint density at radius 2 is 1.13 bits per heavy atom. The van der Waals surface area contributed by atoms with E-state index in [4.69, 9.17) is 38.0 Å². The summed E-state index contributed by atoms with van der Waals surface area (Å²) in [7, 11) is 15.1. The van der Waals surface area contributed by atoms with Gasteiger partial charge in [0.2, 0.25) is 13.6 Å². The number of ether oxygens (including phenoxy) is 4. The molecule has 0 saturated carbocycles. The Kier molecular flexibility index (Phi) is 5.92. The van der Waals surface area contributed by atoms with Crippen molar-refractivity contribution in [3.05, 3.63) is 24.3 Å². The molecule has 23 heavy (non-hydrogen) atoms. The average Bonchev–Trinajstić information content (AvgIpc) is 3.17. The van der Waals surface area contributed by atoms with Crippen molar-refractivity contribution in [2.24, 2.45) is 0 Å². The van der Waals surface area contributed by atoms with Gasteiger partial charge in [0.15, 0.2) is 23.0 Å². The predicted molar refractivity (Wildman–Crippen MR) is 94.5 cm³/mol. The van der Waals surface area contributed by atoms with Crippen LogP contribution < -0.4 is 29.6 Å². The molecule has 0 radical (unpaired) electrons. The zero-order chi connectivity index (χ0) is 16.4. The minimum atomic E-state index is -0.106. The second kappa shape index (κ2) is 7.75. The van der Waals surface area contributed by atoms with Gasteiger partial charge in [-0.2, -0.15) is 0 Å². The molecule has 2 atom stereocenters. The summed E-state index contributed by atoms with van der Waals surface area (Å²) in [5.41, 5.74) is 1.94. The van der Waals surface area contributed by atoms with Crippen molar-refractivity contribution in [1.82, 2.24) is 0 Å². The van der Waals surface area contributed by atoms with Crippen LogP contribution in [0.2, 0.25) is 0 Å². The Bertz CT molecular complexity index is 684. The number of benzene rings is 2. The van der Waals surface area contributed by atoms with Crippen LogP contribution in [-0.2, 0) is 15.9 Å². The molecule has 2 aliphatic heterocycles. The SMILES string of the molecule is Pc1ccc2c(c1-c1c(P)ccc3c1OCO3)OCO2.[Cl][Pd][Cl]. The molecule has 9 heteroatoms. The Hall–Kier alpha value is -0.258. The summed E-state index contributed by atoms with van der Waals surface area (Å²) in [4.78, 5) is 0. The van der Waals surface area contributed by atoms with Gasteiger partial charge in [-0.3, -0.25) is 0 Å². The fourth-order valence-corrected chi connectivity index (χ4v) is 3.23. The van der Waals surface area contributed by atoms with E-state index in [-0.39, 0.29) is 29.5 Å². The summed E-state index contributed by atoms with van der Waals surface area (Å²) < 4.78 is 22.2. The minimum absolute atomic E-state index is 0.106. The second-order valence-electron chi connectivity index (χ2n) is 4.57. The van der Waals surface area contributed by atoms with Gasteiger partial charge in [-0.05, 0) is 22.7 Å². The van der Waals surface area contributed by atoms with Crippen molar-refractivity contribution >= 4 is 48.1 Å². The third-order valence-electron chi connectivity index (χ3n) is 3.39. The van der Waals surface area contributed by atoms with E-state index in [2.05, 4.69) is 18.5 Å². The molecule has 0 spiro atoms. The molecule has 2 unspecified atom stereocenters. The average molecular weight is 484 g/mol. The zero-order valence-electron chi connectivity index (χ0n) is 11.6. The maximum atomic E-state index is 5.64. The van der Waals surface area contributed by atoms with Gasteiger partial charge < -0.3 is 18.9 Å². The van der Waals surface area contributed by atoms with Gasteiger partial charge >= 0.3 is 35.0 Å². The molecular weight excluding hydrogens is 471 g/mol. The van der Waals surface area contributed by atoms with Gasteiger partial charge in [0.1, 0.15) is 0 Å². The Labute approximate surface area is 154 Å². The normalized spacial score (nSPS) is 13.7. The van der Waals surface area contributed by atoms with Crippen molar-refractivity contribution < 1.29 is 34.9 Å². The van der Waals surface area contributed by atoms with Crippen LogP contribution in [0, 0.1) is 0 Å². The first-order valence-electron chi connectivity index (χ1n) is 6.36. The van der Waals surface area contributed by atoms with Crippen LogP contribution >= 0.6 is 37.5 Å². The standard InChI is InChI=1S/C14H12O4P2.2ClH.Pd/c19-9-3-1-7-13(17-5-15-7)11(9)12-10(20)4-2-8-14(12)18-6-16-8;;;/h1-4H,5-6,19-20H2;2*1H;/q;;;+2/p-2. The van der Waals surface area contributed by atoms with Gasteiger partial charge in [-0.15, -0.1) is 18.5 Å². The van der Waals surface area contributed by atoms with Crippen molar-refractivity contribution in [1.29, 1.82) is 0 Å². The molecule has 0 amide bonds. The first kappa shape index (κ1) is 17.6. The second-order valence-corrected chi connectivity index (χ2v) is 8.18. The van der Waals surface area contributed by atoms with E-state index in [0.717, 1.165) is 44.7 Å². The van der Waals surface area contributed by atoms with Crippen LogP contribution in [0.1, 0.15) is 0 Å². The van der Waals surface area contributed by atoms with E-state index in [0.29, 0.717) is 0 Å². The summed E-state index contributed by atoms with van der Waals surface area (Å²) in [6.45, 7) is 0.490. The molecular formula is C14H12Cl2O4P2Pd. The monoisotopic (exact) mass is 482 g/mol. The van der Waals surface area contributed by atoms with E-state index in [1.165, 1.54) is 0 Å². The van der Waals surface area contributed by atoms with E-state index in [1.807, 2.05) is 24.3 Å². The number of hydrogen-bond donors (Lipinski definition) is 0. The first-order chi connectivity index (χ1) is 11.2. The molecule has 0 N–H and O–H groups in total. The van der Waals surface area contributed by atoms with Crippen LogP contribution in [0.5, 0.6) is 23.0 Å². The van der Waals surface area contributed by atoms with Crippen molar-refractivity contribution in [2.75, 3.05) is 13.6 Å². The van der Waals surface area contributed by atoms with Gasteiger partial charge in [0.25, 0.3) is 0 Å². The fraction of sp³-hybridized carbons (Fsp3) is 0.143. The van der Waals surface area contributed by atoms with Crippen LogP contribution in [0.3, 0.4) is 0 Å². The Morgan fingerprint density at radius 3 is 1.52 bits per heavy atom. The fourth-order valence-electron chi connectivity index (χ4n) is 2.49. The van der Waals surface area contributed by atoms with E-state index < -0.39 is 0 Å². The van der Waals surface area contributed by atoms with Crippen LogP contribution in [0.4, 0.5) is 0 Å². The first-order valence-corrected chi connectivity index (χ1v) is 11.5. The number of halogens is 2. The maximum absolute atomic E-state index is 5.64. The van der Waals surface area contributed by atoms with Crippen molar-refractivity contribution in [3.63, 3.8) is 0 Å². The molecule has 2 aromatic rings. The molecule has 126 valence electrons. The molecule has 2 aliphatic rings. The van der Waals surface area contributed by atoms with Gasteiger partial charge in [-0.25, -0.2) is 0 Å². The molecule has 0 fully saturated rings. The molecule has 0 saturated heterocycles. The summed E-state index contributed by atoms with van der Waals surface area (Å²) in [6, 6.07) is 7.81. The molecule has 0 aliphatic carbocycles. The number of rotatable bonds is 1. The Morgan fingerprint density at radius 1 is 0.739 bits per heavy atom. The van der Waals surface area contributed by atoms with E-state index in [1.54, 1.807) is 0 Å². The van der Waals surface area contributed by atoms with Crippen molar-refractivity contribution in [2.45, 2.75) is 0 Å².